The predicted molar refractivity (Wildman–Crippen MR) is 65.7 cm³/mol. The number of anilines is 1. The highest BCUT2D eigenvalue weighted by molar-refractivity contribution is 14.1. The minimum Gasteiger partial charge on any atom is -0.381 e. The zero-order valence-electron chi connectivity index (χ0n) is 8.04. The van der Waals surface area contributed by atoms with Crippen molar-refractivity contribution in [2.24, 2.45) is 7.05 Å². The molecule has 78 valence electrons. The second-order valence-electron chi connectivity index (χ2n) is 3.18. The third kappa shape index (κ3) is 1.83. The van der Waals surface area contributed by atoms with Crippen LogP contribution in [0.2, 0.25) is 0 Å². The van der Waals surface area contributed by atoms with Crippen LogP contribution in [0.4, 0.5) is 10.2 Å². The van der Waals surface area contributed by atoms with Gasteiger partial charge in [0.2, 0.25) is 0 Å². The van der Waals surface area contributed by atoms with Gasteiger partial charge in [0, 0.05) is 16.2 Å². The standard InChI is InChI=1S/C10H9FIN3/c1-15-10(13)8(11)9(14-15)6-2-4-7(12)5-3-6/h2-5H,13H2,1H3. The molecule has 2 aromatic rings. The van der Waals surface area contributed by atoms with Crippen molar-refractivity contribution < 1.29 is 4.39 Å². The maximum Gasteiger partial charge on any atom is 0.192 e. The number of nitrogen functional groups attached to an aromatic ring is 1. The number of hydrogen-bond donors (Lipinski definition) is 1. The molecule has 0 unspecified atom stereocenters. The number of aromatic nitrogens is 2. The van der Waals surface area contributed by atoms with Gasteiger partial charge in [0.05, 0.1) is 0 Å². The van der Waals surface area contributed by atoms with Crippen LogP contribution in [0.15, 0.2) is 24.3 Å². The lowest BCUT2D eigenvalue weighted by molar-refractivity contribution is 0.634. The molecule has 0 bridgehead atoms. The minimum absolute atomic E-state index is 0.0588. The summed E-state index contributed by atoms with van der Waals surface area (Å²) >= 11 is 2.19. The smallest absolute Gasteiger partial charge is 0.192 e. The third-order valence-corrected chi connectivity index (χ3v) is 2.87. The van der Waals surface area contributed by atoms with Crippen LogP contribution < -0.4 is 5.73 Å². The molecule has 0 aliphatic heterocycles. The van der Waals surface area contributed by atoms with Crippen LogP contribution in [0.1, 0.15) is 0 Å². The maximum absolute atomic E-state index is 13.6. The minimum atomic E-state index is -0.460. The molecule has 0 radical (unpaired) electrons. The summed E-state index contributed by atoms with van der Waals surface area (Å²) in [7, 11) is 1.62. The first-order chi connectivity index (χ1) is 7.09. The van der Waals surface area contributed by atoms with Gasteiger partial charge in [-0.1, -0.05) is 12.1 Å². The van der Waals surface area contributed by atoms with Gasteiger partial charge in [-0.15, -0.1) is 0 Å². The summed E-state index contributed by atoms with van der Waals surface area (Å²) in [5.41, 5.74) is 6.53. The van der Waals surface area contributed by atoms with Gasteiger partial charge >= 0.3 is 0 Å². The molecule has 0 aliphatic rings. The first-order valence-corrected chi connectivity index (χ1v) is 5.41. The Labute approximate surface area is 100 Å². The summed E-state index contributed by atoms with van der Waals surface area (Å²) in [6.45, 7) is 0. The molecule has 0 saturated carbocycles. The van der Waals surface area contributed by atoms with Crippen LogP contribution in [0, 0.1) is 9.39 Å². The highest BCUT2D eigenvalue weighted by Gasteiger charge is 2.14. The summed E-state index contributed by atoms with van der Waals surface area (Å²) in [4.78, 5) is 0. The first kappa shape index (κ1) is 10.4. The van der Waals surface area contributed by atoms with Gasteiger partial charge in [-0.05, 0) is 34.7 Å². The van der Waals surface area contributed by atoms with E-state index in [1.807, 2.05) is 24.3 Å². The zero-order valence-corrected chi connectivity index (χ0v) is 10.2. The Bertz CT molecular complexity index is 490. The fourth-order valence-corrected chi connectivity index (χ4v) is 1.66. The molecule has 0 saturated heterocycles. The van der Waals surface area contributed by atoms with Crippen molar-refractivity contribution in [3.8, 4) is 11.3 Å². The normalized spacial score (nSPS) is 10.6. The van der Waals surface area contributed by atoms with Crippen LogP contribution in [-0.4, -0.2) is 9.78 Å². The van der Waals surface area contributed by atoms with Crippen molar-refractivity contribution in [2.45, 2.75) is 0 Å². The first-order valence-electron chi connectivity index (χ1n) is 4.33. The monoisotopic (exact) mass is 317 g/mol. The van der Waals surface area contributed by atoms with E-state index in [2.05, 4.69) is 27.7 Å². The lowest BCUT2D eigenvalue weighted by atomic mass is 10.1. The second-order valence-corrected chi connectivity index (χ2v) is 4.42. The van der Waals surface area contributed by atoms with Crippen molar-refractivity contribution in [3.63, 3.8) is 0 Å². The van der Waals surface area contributed by atoms with E-state index in [-0.39, 0.29) is 5.82 Å². The van der Waals surface area contributed by atoms with Gasteiger partial charge in [-0.25, -0.2) is 9.07 Å². The molecule has 0 atom stereocenters. The molecule has 1 aromatic carbocycles. The Balaban J connectivity index is 2.54. The van der Waals surface area contributed by atoms with E-state index >= 15 is 0 Å². The fourth-order valence-electron chi connectivity index (χ4n) is 1.30. The molecule has 0 aliphatic carbocycles. The lowest BCUT2D eigenvalue weighted by Crippen LogP contribution is -1.97. The number of halogens is 2. The van der Waals surface area contributed by atoms with E-state index in [9.17, 15) is 4.39 Å². The Morgan fingerprint density at radius 1 is 1.33 bits per heavy atom. The average Bonchev–Trinajstić information content (AvgIpc) is 2.47. The molecule has 2 rings (SSSR count). The SMILES string of the molecule is Cn1nc(-c2ccc(I)cc2)c(F)c1N. The second kappa shape index (κ2) is 3.80. The Kier molecular flexibility index (Phi) is 2.64. The summed E-state index contributed by atoms with van der Waals surface area (Å²) < 4.78 is 16.0. The molecular formula is C10H9FIN3. The van der Waals surface area contributed by atoms with E-state index in [1.54, 1.807) is 7.05 Å². The summed E-state index contributed by atoms with van der Waals surface area (Å²) in [6.07, 6.45) is 0. The molecule has 2 N–H and O–H groups in total. The molecule has 0 spiro atoms. The van der Waals surface area contributed by atoms with Crippen LogP contribution in [-0.2, 0) is 7.05 Å². The topological polar surface area (TPSA) is 43.8 Å². The molecule has 1 aromatic heterocycles. The predicted octanol–water partition coefficient (Wildman–Crippen LogP) is 2.41. The number of aryl methyl sites for hydroxylation is 1. The number of rotatable bonds is 1. The van der Waals surface area contributed by atoms with Gasteiger partial charge in [-0.2, -0.15) is 5.10 Å². The summed E-state index contributed by atoms with van der Waals surface area (Å²) in [5, 5.41) is 4.02. The highest BCUT2D eigenvalue weighted by Crippen LogP contribution is 2.25. The Morgan fingerprint density at radius 2 is 1.93 bits per heavy atom. The van der Waals surface area contributed by atoms with Gasteiger partial charge in [0.25, 0.3) is 0 Å². The fraction of sp³-hybridized carbons (Fsp3) is 0.100. The number of nitrogens with zero attached hydrogens (tertiary/aromatic N) is 2. The van der Waals surface area contributed by atoms with Crippen LogP contribution >= 0.6 is 22.6 Å². The van der Waals surface area contributed by atoms with Crippen LogP contribution in [0.25, 0.3) is 11.3 Å². The van der Waals surface area contributed by atoms with E-state index in [0.29, 0.717) is 5.69 Å². The maximum atomic E-state index is 13.6. The van der Waals surface area contributed by atoms with E-state index in [1.165, 1.54) is 4.68 Å². The van der Waals surface area contributed by atoms with Crippen molar-refractivity contribution >= 4 is 28.4 Å². The number of benzene rings is 1. The number of hydrogen-bond acceptors (Lipinski definition) is 2. The molecular weight excluding hydrogens is 308 g/mol. The average molecular weight is 317 g/mol. The highest BCUT2D eigenvalue weighted by atomic mass is 127. The van der Waals surface area contributed by atoms with Crippen molar-refractivity contribution in [3.05, 3.63) is 33.7 Å². The Hall–Kier alpha value is -1.11. The van der Waals surface area contributed by atoms with Gasteiger partial charge < -0.3 is 5.73 Å². The molecule has 0 fully saturated rings. The quantitative estimate of drug-likeness (QED) is 0.821. The van der Waals surface area contributed by atoms with Gasteiger partial charge in [0.15, 0.2) is 11.6 Å². The van der Waals surface area contributed by atoms with Crippen molar-refractivity contribution in [1.29, 1.82) is 0 Å². The van der Waals surface area contributed by atoms with E-state index < -0.39 is 5.82 Å². The van der Waals surface area contributed by atoms with Gasteiger partial charge in [0.1, 0.15) is 5.69 Å². The molecule has 15 heavy (non-hydrogen) atoms. The lowest BCUT2D eigenvalue weighted by Gasteiger charge is -1.96. The van der Waals surface area contributed by atoms with Crippen LogP contribution in [0.3, 0.4) is 0 Å². The number of nitrogens with two attached hydrogens (primary N) is 1. The third-order valence-electron chi connectivity index (χ3n) is 2.15. The van der Waals surface area contributed by atoms with E-state index in [4.69, 9.17) is 5.73 Å². The largest absolute Gasteiger partial charge is 0.381 e. The molecule has 1 heterocycles. The van der Waals surface area contributed by atoms with Crippen molar-refractivity contribution in [2.75, 3.05) is 5.73 Å². The Morgan fingerprint density at radius 3 is 2.40 bits per heavy atom. The molecule has 0 amide bonds. The van der Waals surface area contributed by atoms with Crippen LogP contribution in [0.5, 0.6) is 0 Å². The van der Waals surface area contributed by atoms with Crippen molar-refractivity contribution in [1.82, 2.24) is 9.78 Å². The summed E-state index contributed by atoms with van der Waals surface area (Å²) in [5.74, 6) is -0.401. The van der Waals surface area contributed by atoms with Gasteiger partial charge in [-0.3, -0.25) is 0 Å². The summed E-state index contributed by atoms with van der Waals surface area (Å²) in [6, 6.07) is 7.46. The van der Waals surface area contributed by atoms with E-state index in [0.717, 1.165) is 9.13 Å². The zero-order chi connectivity index (χ0) is 11.0. The molecule has 5 heteroatoms. The molecule has 3 nitrogen and oxygen atoms in total.